The van der Waals surface area contributed by atoms with Crippen LogP contribution in [0.3, 0.4) is 0 Å². The van der Waals surface area contributed by atoms with E-state index in [1.807, 2.05) is 0 Å². The zero-order valence-electron chi connectivity index (χ0n) is 8.60. The summed E-state index contributed by atoms with van der Waals surface area (Å²) < 4.78 is 26.9. The molecule has 1 aromatic heterocycles. The Hall–Kier alpha value is -0.350. The molecule has 1 saturated carbocycles. The number of alkyl halides is 3. The zero-order valence-corrected chi connectivity index (χ0v) is 10.1. The molecular weight excluding hydrogens is 257 g/mol. The van der Waals surface area contributed by atoms with Crippen LogP contribution in [0.1, 0.15) is 49.4 Å². The maximum Gasteiger partial charge on any atom is 0.282 e. The quantitative estimate of drug-likeness (QED) is 0.747. The smallest absolute Gasteiger partial charge is 0.250 e. The van der Waals surface area contributed by atoms with Crippen LogP contribution in [0.25, 0.3) is 0 Å². The van der Waals surface area contributed by atoms with Gasteiger partial charge in [-0.3, -0.25) is 4.68 Å². The van der Waals surface area contributed by atoms with E-state index in [-0.39, 0.29) is 28.3 Å². The molecule has 1 aromatic rings. The summed E-state index contributed by atoms with van der Waals surface area (Å²) in [7, 11) is 0. The van der Waals surface area contributed by atoms with Gasteiger partial charge in [0.15, 0.2) is 0 Å². The molecule has 0 saturated heterocycles. The standard InChI is InChI=1S/C10H12Cl2F2N2/c11-5-7-8(10(13)14)15-16(9(7)12)6-3-1-2-4-6/h6,10H,1-5H2. The fraction of sp³-hybridized carbons (Fsp3) is 0.700. The molecule has 0 unspecified atom stereocenters. The minimum absolute atomic E-state index is 0.0226. The highest BCUT2D eigenvalue weighted by molar-refractivity contribution is 6.31. The molecule has 0 N–H and O–H groups in total. The third-order valence-corrected chi connectivity index (χ3v) is 3.65. The van der Waals surface area contributed by atoms with Crippen molar-refractivity contribution in [2.45, 2.75) is 44.0 Å². The fourth-order valence-electron chi connectivity index (χ4n) is 2.15. The van der Waals surface area contributed by atoms with E-state index in [0.717, 1.165) is 25.7 Å². The average Bonchev–Trinajstić information content (AvgIpc) is 2.84. The Kier molecular flexibility index (Phi) is 3.70. The van der Waals surface area contributed by atoms with Crippen molar-refractivity contribution in [1.82, 2.24) is 9.78 Å². The van der Waals surface area contributed by atoms with Crippen molar-refractivity contribution in [3.05, 3.63) is 16.4 Å². The Balaban J connectivity index is 2.38. The van der Waals surface area contributed by atoms with E-state index in [0.29, 0.717) is 0 Å². The SMILES string of the molecule is FC(F)c1nn(C2CCCC2)c(Cl)c1CCl. The van der Waals surface area contributed by atoms with Gasteiger partial charge in [-0.15, -0.1) is 11.6 Å². The first-order valence-corrected chi connectivity index (χ1v) is 6.17. The molecule has 0 bridgehead atoms. The first-order valence-electron chi connectivity index (χ1n) is 5.26. The van der Waals surface area contributed by atoms with Crippen molar-refractivity contribution < 1.29 is 8.78 Å². The number of rotatable bonds is 3. The van der Waals surface area contributed by atoms with Crippen LogP contribution in [0.5, 0.6) is 0 Å². The number of nitrogens with zero attached hydrogens (tertiary/aromatic N) is 2. The zero-order chi connectivity index (χ0) is 11.7. The topological polar surface area (TPSA) is 17.8 Å². The van der Waals surface area contributed by atoms with E-state index < -0.39 is 6.43 Å². The summed E-state index contributed by atoms with van der Waals surface area (Å²) in [5.41, 5.74) is -0.00265. The molecule has 1 heterocycles. The minimum Gasteiger partial charge on any atom is -0.250 e. The lowest BCUT2D eigenvalue weighted by Gasteiger charge is -2.10. The maximum absolute atomic E-state index is 12.7. The highest BCUT2D eigenvalue weighted by atomic mass is 35.5. The molecule has 1 aliphatic carbocycles. The summed E-state index contributed by atoms with van der Waals surface area (Å²) in [6.07, 6.45) is 1.48. The van der Waals surface area contributed by atoms with Crippen LogP contribution in [-0.2, 0) is 5.88 Å². The van der Waals surface area contributed by atoms with Crippen molar-refractivity contribution in [1.29, 1.82) is 0 Å². The molecule has 0 atom stereocenters. The van der Waals surface area contributed by atoms with Crippen LogP contribution in [-0.4, -0.2) is 9.78 Å². The molecule has 0 aliphatic heterocycles. The lowest BCUT2D eigenvalue weighted by molar-refractivity contribution is 0.143. The Morgan fingerprint density at radius 1 is 1.38 bits per heavy atom. The number of aromatic nitrogens is 2. The van der Waals surface area contributed by atoms with Gasteiger partial charge in [0, 0.05) is 5.56 Å². The summed E-state index contributed by atoms with van der Waals surface area (Å²) >= 11 is 11.7. The summed E-state index contributed by atoms with van der Waals surface area (Å²) in [6, 6.07) is 0.155. The van der Waals surface area contributed by atoms with Gasteiger partial charge in [-0.2, -0.15) is 5.10 Å². The molecule has 16 heavy (non-hydrogen) atoms. The average molecular weight is 269 g/mol. The van der Waals surface area contributed by atoms with Crippen molar-refractivity contribution in [3.8, 4) is 0 Å². The lowest BCUT2D eigenvalue weighted by atomic mass is 10.2. The molecule has 1 aliphatic rings. The molecular formula is C10H12Cl2F2N2. The van der Waals surface area contributed by atoms with Gasteiger partial charge in [0.2, 0.25) is 0 Å². The predicted octanol–water partition coefficient (Wildman–Crippen LogP) is 4.33. The van der Waals surface area contributed by atoms with Crippen LogP contribution in [0, 0.1) is 0 Å². The molecule has 0 spiro atoms. The highest BCUT2D eigenvalue weighted by Crippen LogP contribution is 2.36. The molecule has 0 aromatic carbocycles. The molecule has 1 fully saturated rings. The van der Waals surface area contributed by atoms with Gasteiger partial charge in [-0.05, 0) is 12.8 Å². The van der Waals surface area contributed by atoms with Crippen molar-refractivity contribution in [3.63, 3.8) is 0 Å². The summed E-state index contributed by atoms with van der Waals surface area (Å²) in [4.78, 5) is 0. The molecule has 2 nitrogen and oxygen atoms in total. The van der Waals surface area contributed by atoms with Crippen LogP contribution in [0.2, 0.25) is 5.15 Å². The van der Waals surface area contributed by atoms with E-state index in [2.05, 4.69) is 5.10 Å². The van der Waals surface area contributed by atoms with Gasteiger partial charge in [-0.1, -0.05) is 24.4 Å². The second-order valence-electron chi connectivity index (χ2n) is 3.97. The third-order valence-electron chi connectivity index (χ3n) is 2.99. The summed E-state index contributed by atoms with van der Waals surface area (Å²) in [5.74, 6) is -0.0226. The molecule has 6 heteroatoms. The van der Waals surface area contributed by atoms with Crippen LogP contribution in [0.15, 0.2) is 0 Å². The largest absolute Gasteiger partial charge is 0.282 e. The van der Waals surface area contributed by atoms with Crippen LogP contribution in [0.4, 0.5) is 8.78 Å². The van der Waals surface area contributed by atoms with Crippen molar-refractivity contribution in [2.75, 3.05) is 0 Å². The highest BCUT2D eigenvalue weighted by Gasteiger charge is 2.27. The molecule has 0 radical (unpaired) electrons. The van der Waals surface area contributed by atoms with Gasteiger partial charge in [0.05, 0.1) is 11.9 Å². The normalized spacial score (nSPS) is 17.6. The van der Waals surface area contributed by atoms with E-state index in [4.69, 9.17) is 23.2 Å². The molecule has 2 rings (SSSR count). The predicted molar refractivity (Wildman–Crippen MR) is 59.3 cm³/mol. The second kappa shape index (κ2) is 4.88. The first kappa shape index (κ1) is 12.1. The van der Waals surface area contributed by atoms with E-state index >= 15 is 0 Å². The van der Waals surface area contributed by atoms with Gasteiger partial charge >= 0.3 is 0 Å². The van der Waals surface area contributed by atoms with Crippen molar-refractivity contribution >= 4 is 23.2 Å². The Morgan fingerprint density at radius 2 is 2.00 bits per heavy atom. The van der Waals surface area contributed by atoms with Crippen LogP contribution >= 0.6 is 23.2 Å². The minimum atomic E-state index is -2.62. The maximum atomic E-state index is 12.7. The Labute approximate surface area is 103 Å². The van der Waals surface area contributed by atoms with Gasteiger partial charge in [0.1, 0.15) is 10.8 Å². The Morgan fingerprint density at radius 3 is 2.44 bits per heavy atom. The van der Waals surface area contributed by atoms with Gasteiger partial charge in [0.25, 0.3) is 6.43 Å². The lowest BCUT2D eigenvalue weighted by Crippen LogP contribution is -2.07. The number of hydrogen-bond donors (Lipinski definition) is 0. The summed E-state index contributed by atoms with van der Waals surface area (Å²) in [6.45, 7) is 0. The third kappa shape index (κ3) is 2.05. The molecule has 90 valence electrons. The Bertz CT molecular complexity index is 373. The second-order valence-corrected chi connectivity index (χ2v) is 4.60. The van der Waals surface area contributed by atoms with E-state index in [1.165, 1.54) is 4.68 Å². The first-order chi connectivity index (χ1) is 7.65. The number of halogens is 4. The van der Waals surface area contributed by atoms with Gasteiger partial charge in [-0.25, -0.2) is 8.78 Å². The van der Waals surface area contributed by atoms with E-state index in [1.54, 1.807) is 0 Å². The monoisotopic (exact) mass is 268 g/mol. The van der Waals surface area contributed by atoms with Gasteiger partial charge < -0.3 is 0 Å². The van der Waals surface area contributed by atoms with Crippen LogP contribution < -0.4 is 0 Å². The van der Waals surface area contributed by atoms with Crippen molar-refractivity contribution in [2.24, 2.45) is 0 Å². The van der Waals surface area contributed by atoms with E-state index in [9.17, 15) is 8.78 Å². The number of hydrogen-bond acceptors (Lipinski definition) is 1. The molecule has 0 amide bonds. The fourth-order valence-corrected chi connectivity index (χ4v) is 2.83. The summed E-state index contributed by atoms with van der Waals surface area (Å²) in [5, 5.41) is 4.19.